The normalized spacial score (nSPS) is 10.8. The number of hydrogen-bond donors (Lipinski definition) is 2. The van der Waals surface area contributed by atoms with E-state index >= 15 is 0 Å². The fourth-order valence-electron chi connectivity index (χ4n) is 2.84. The summed E-state index contributed by atoms with van der Waals surface area (Å²) in [5.74, 6) is 1.66. The van der Waals surface area contributed by atoms with Crippen LogP contribution in [0.5, 0.6) is 5.75 Å². The monoisotopic (exact) mass is 377 g/mol. The highest BCUT2D eigenvalue weighted by Crippen LogP contribution is 2.23. The molecule has 2 aromatic carbocycles. The largest absolute Gasteiger partial charge is 0.487 e. The third-order valence-corrected chi connectivity index (χ3v) is 4.81. The van der Waals surface area contributed by atoms with E-state index in [-0.39, 0.29) is 0 Å². The van der Waals surface area contributed by atoms with Gasteiger partial charge in [0.25, 0.3) is 0 Å². The molecule has 0 saturated carbocycles. The maximum Gasteiger partial charge on any atom is 0.137 e. The summed E-state index contributed by atoms with van der Waals surface area (Å²) < 4.78 is 5.94. The highest BCUT2D eigenvalue weighted by atomic mass is 32.1. The van der Waals surface area contributed by atoms with Crippen molar-refractivity contribution in [3.63, 3.8) is 0 Å². The molecule has 0 bridgehead atoms. The van der Waals surface area contributed by atoms with Gasteiger partial charge in [0.05, 0.1) is 16.7 Å². The Bertz CT molecular complexity index is 1040. The zero-order chi connectivity index (χ0) is 18.5. The van der Waals surface area contributed by atoms with Crippen molar-refractivity contribution in [3.05, 3.63) is 70.9 Å². The maximum atomic E-state index is 5.94. The molecule has 0 unspecified atom stereocenters. The molecular formula is C20H19N5OS. The number of nitrogens with two attached hydrogens (primary N) is 1. The van der Waals surface area contributed by atoms with Crippen LogP contribution in [-0.2, 0) is 13.0 Å². The average molecular weight is 377 g/mol. The predicted octanol–water partition coefficient (Wildman–Crippen LogP) is 3.90. The van der Waals surface area contributed by atoms with E-state index in [1.807, 2.05) is 47.3 Å². The number of aromatic nitrogens is 3. The van der Waals surface area contributed by atoms with Crippen molar-refractivity contribution in [1.29, 1.82) is 0 Å². The Kier molecular flexibility index (Phi) is 5.11. The number of ether oxygens (including phenoxy) is 1. The minimum absolute atomic E-state index is 0.476. The average Bonchev–Trinajstić information content (AvgIpc) is 3.21. The van der Waals surface area contributed by atoms with Crippen LogP contribution in [0.4, 0.5) is 11.5 Å². The van der Waals surface area contributed by atoms with Crippen molar-refractivity contribution >= 4 is 33.7 Å². The summed E-state index contributed by atoms with van der Waals surface area (Å²) in [7, 11) is 0. The molecule has 0 saturated heterocycles. The van der Waals surface area contributed by atoms with E-state index in [1.165, 1.54) is 0 Å². The molecule has 4 aromatic rings. The molecule has 7 heteroatoms. The lowest BCUT2D eigenvalue weighted by Gasteiger charge is -2.12. The molecule has 0 aliphatic heterocycles. The molecule has 0 aliphatic rings. The first-order chi connectivity index (χ1) is 13.3. The van der Waals surface area contributed by atoms with Crippen LogP contribution in [0, 0.1) is 0 Å². The lowest BCUT2D eigenvalue weighted by Crippen LogP contribution is -2.08. The van der Waals surface area contributed by atoms with Gasteiger partial charge in [-0.05, 0) is 36.2 Å². The number of nitrogens with zero attached hydrogens (tertiary/aromatic N) is 3. The van der Waals surface area contributed by atoms with Crippen molar-refractivity contribution in [2.24, 2.45) is 0 Å². The molecule has 0 amide bonds. The summed E-state index contributed by atoms with van der Waals surface area (Å²) in [5.41, 5.74) is 11.4. The standard InChI is InChI=1S/C20H19N5OS/c21-15-5-6-18-17(9-15)20(24-12-23-18)22-8-7-14-3-1-2-4-19(14)26-10-16-11-27-13-25-16/h1-6,9,11-13H,7-8,10,21H2,(H,22,23,24). The second-order valence-electron chi connectivity index (χ2n) is 6.05. The second-order valence-corrected chi connectivity index (χ2v) is 6.77. The Hall–Kier alpha value is -3.19. The molecule has 4 rings (SSSR count). The van der Waals surface area contributed by atoms with Crippen LogP contribution in [-0.4, -0.2) is 21.5 Å². The molecule has 0 fully saturated rings. The number of hydrogen-bond acceptors (Lipinski definition) is 7. The quantitative estimate of drug-likeness (QED) is 0.475. The summed E-state index contributed by atoms with van der Waals surface area (Å²) in [6.07, 6.45) is 2.37. The highest BCUT2D eigenvalue weighted by Gasteiger charge is 2.07. The first-order valence-corrected chi connectivity index (χ1v) is 9.56. The fourth-order valence-corrected chi connectivity index (χ4v) is 3.39. The van der Waals surface area contributed by atoms with E-state index in [9.17, 15) is 0 Å². The van der Waals surface area contributed by atoms with E-state index in [2.05, 4.69) is 26.3 Å². The zero-order valence-corrected chi connectivity index (χ0v) is 15.4. The van der Waals surface area contributed by atoms with Crippen molar-refractivity contribution < 1.29 is 4.74 Å². The third-order valence-electron chi connectivity index (χ3n) is 4.18. The first-order valence-electron chi connectivity index (χ1n) is 8.61. The van der Waals surface area contributed by atoms with Crippen LogP contribution >= 0.6 is 11.3 Å². The second kappa shape index (κ2) is 8.01. The molecule has 27 heavy (non-hydrogen) atoms. The number of rotatable bonds is 7. The summed E-state index contributed by atoms with van der Waals surface area (Å²) in [5, 5.41) is 6.31. The Morgan fingerprint density at radius 3 is 2.89 bits per heavy atom. The molecule has 3 N–H and O–H groups in total. The van der Waals surface area contributed by atoms with Crippen molar-refractivity contribution in [2.75, 3.05) is 17.6 Å². The molecule has 2 aromatic heterocycles. The minimum atomic E-state index is 0.476. The smallest absolute Gasteiger partial charge is 0.137 e. The van der Waals surface area contributed by atoms with Crippen LogP contribution in [0.3, 0.4) is 0 Å². The van der Waals surface area contributed by atoms with Crippen molar-refractivity contribution in [1.82, 2.24) is 15.0 Å². The van der Waals surface area contributed by atoms with Gasteiger partial charge in [-0.1, -0.05) is 18.2 Å². The molecule has 0 atom stereocenters. The summed E-state index contributed by atoms with van der Waals surface area (Å²) in [4.78, 5) is 12.9. The van der Waals surface area contributed by atoms with E-state index in [1.54, 1.807) is 17.7 Å². The van der Waals surface area contributed by atoms with Gasteiger partial charge in [0.2, 0.25) is 0 Å². The zero-order valence-electron chi connectivity index (χ0n) is 14.6. The predicted molar refractivity (Wildman–Crippen MR) is 109 cm³/mol. The van der Waals surface area contributed by atoms with Gasteiger partial charge in [-0.25, -0.2) is 15.0 Å². The number of nitrogens with one attached hydrogen (secondary N) is 1. The number of nitrogen functional groups attached to an aromatic ring is 1. The molecule has 6 nitrogen and oxygen atoms in total. The van der Waals surface area contributed by atoms with Gasteiger partial charge in [-0.2, -0.15) is 0 Å². The lowest BCUT2D eigenvalue weighted by molar-refractivity contribution is 0.299. The Morgan fingerprint density at radius 1 is 1.07 bits per heavy atom. The van der Waals surface area contributed by atoms with Crippen LogP contribution in [0.1, 0.15) is 11.3 Å². The topological polar surface area (TPSA) is 86.0 Å². The number of anilines is 2. The summed E-state index contributed by atoms with van der Waals surface area (Å²) in [6.45, 7) is 1.20. The van der Waals surface area contributed by atoms with Crippen molar-refractivity contribution in [2.45, 2.75) is 13.0 Å². The van der Waals surface area contributed by atoms with Crippen molar-refractivity contribution in [3.8, 4) is 5.75 Å². The Balaban J connectivity index is 1.43. The van der Waals surface area contributed by atoms with E-state index in [4.69, 9.17) is 10.5 Å². The fraction of sp³-hybridized carbons (Fsp3) is 0.150. The molecule has 0 radical (unpaired) electrons. The third kappa shape index (κ3) is 4.15. The van der Waals surface area contributed by atoms with Crippen LogP contribution in [0.25, 0.3) is 10.9 Å². The summed E-state index contributed by atoms with van der Waals surface area (Å²) >= 11 is 1.57. The maximum absolute atomic E-state index is 5.94. The molecule has 136 valence electrons. The van der Waals surface area contributed by atoms with Gasteiger partial charge in [0.15, 0.2) is 0 Å². The van der Waals surface area contributed by atoms with Crippen LogP contribution in [0.15, 0.2) is 59.7 Å². The first kappa shape index (κ1) is 17.2. The van der Waals surface area contributed by atoms with Crippen LogP contribution < -0.4 is 15.8 Å². The number of benzene rings is 2. The Morgan fingerprint density at radius 2 is 2.00 bits per heavy atom. The van der Waals surface area contributed by atoms with Crippen LogP contribution in [0.2, 0.25) is 0 Å². The van der Waals surface area contributed by atoms with E-state index in [0.717, 1.165) is 46.7 Å². The number of thiazole rings is 1. The lowest BCUT2D eigenvalue weighted by atomic mass is 10.1. The van der Waals surface area contributed by atoms with Gasteiger partial charge in [-0.15, -0.1) is 11.3 Å². The van der Waals surface area contributed by atoms with E-state index in [0.29, 0.717) is 12.3 Å². The Labute approximate surface area is 161 Å². The van der Waals surface area contributed by atoms with Gasteiger partial charge in [-0.3, -0.25) is 0 Å². The SMILES string of the molecule is Nc1ccc2ncnc(NCCc3ccccc3OCc3cscn3)c2c1. The molecular weight excluding hydrogens is 358 g/mol. The highest BCUT2D eigenvalue weighted by molar-refractivity contribution is 7.07. The summed E-state index contributed by atoms with van der Waals surface area (Å²) in [6, 6.07) is 13.7. The van der Waals surface area contributed by atoms with Gasteiger partial charge in [0, 0.05) is 23.0 Å². The molecule has 0 spiro atoms. The van der Waals surface area contributed by atoms with E-state index < -0.39 is 0 Å². The van der Waals surface area contributed by atoms with Gasteiger partial charge in [0.1, 0.15) is 24.5 Å². The van der Waals surface area contributed by atoms with Gasteiger partial charge < -0.3 is 15.8 Å². The molecule has 0 aliphatic carbocycles. The number of para-hydroxylation sites is 1. The molecule has 2 heterocycles. The number of fused-ring (bicyclic) bond motifs is 1. The van der Waals surface area contributed by atoms with Gasteiger partial charge >= 0.3 is 0 Å². The minimum Gasteiger partial charge on any atom is -0.487 e.